The van der Waals surface area contributed by atoms with E-state index in [9.17, 15) is 19.7 Å². The number of hydrogen-bond acceptors (Lipinski definition) is 7. The number of carbonyl (C=O) groups is 2. The summed E-state index contributed by atoms with van der Waals surface area (Å²) in [6, 6.07) is 9.37. The molecular formula is C25H22ClN3O6. The molecule has 35 heavy (non-hydrogen) atoms. The Kier molecular flexibility index (Phi) is 6.02. The number of nitro groups is 1. The van der Waals surface area contributed by atoms with Crippen LogP contribution in [0.3, 0.4) is 0 Å². The van der Waals surface area contributed by atoms with E-state index in [-0.39, 0.29) is 58.6 Å². The van der Waals surface area contributed by atoms with E-state index in [4.69, 9.17) is 21.1 Å². The maximum absolute atomic E-state index is 12.8. The first-order valence-electron chi connectivity index (χ1n) is 11.3. The zero-order chi connectivity index (χ0) is 24.7. The molecule has 5 rings (SSSR count). The van der Waals surface area contributed by atoms with E-state index in [0.29, 0.717) is 23.5 Å². The number of halogens is 1. The predicted molar refractivity (Wildman–Crippen MR) is 127 cm³/mol. The van der Waals surface area contributed by atoms with Gasteiger partial charge >= 0.3 is 0 Å². The number of carbonyl (C=O) groups excluding carboxylic acids is 2. The van der Waals surface area contributed by atoms with E-state index in [1.165, 1.54) is 18.3 Å². The fraction of sp³-hybridized carbons (Fsp3) is 0.320. The van der Waals surface area contributed by atoms with Gasteiger partial charge in [0.15, 0.2) is 11.5 Å². The number of benzene rings is 2. The number of imide groups is 1. The van der Waals surface area contributed by atoms with Gasteiger partial charge < -0.3 is 9.47 Å². The minimum absolute atomic E-state index is 0.0345. The van der Waals surface area contributed by atoms with Crippen molar-refractivity contribution in [2.75, 3.05) is 6.61 Å². The molecule has 4 unspecified atom stereocenters. The number of fused-ring (bicyclic) bond motifs is 5. The molecular weight excluding hydrogens is 474 g/mol. The number of allylic oxidation sites excluding steroid dienone is 2. The Labute approximate surface area is 206 Å². The summed E-state index contributed by atoms with van der Waals surface area (Å²) in [7, 11) is 0. The predicted octanol–water partition coefficient (Wildman–Crippen LogP) is 4.37. The summed E-state index contributed by atoms with van der Waals surface area (Å²) >= 11 is 6.46. The number of ether oxygens (including phenoxy) is 2. The lowest BCUT2D eigenvalue weighted by Crippen LogP contribution is -2.28. The normalized spacial score (nSPS) is 24.5. The van der Waals surface area contributed by atoms with Crippen LogP contribution in [0.5, 0.6) is 11.5 Å². The van der Waals surface area contributed by atoms with Gasteiger partial charge in [0.2, 0.25) is 0 Å². The summed E-state index contributed by atoms with van der Waals surface area (Å²) in [5.74, 6) is -0.301. The number of hydrazone groups is 1. The standard InChI is InChI=1S/C25H22ClN3O6/c1-2-34-20-10-15(9-19(26)23(20)35-13-14-4-3-5-18(8-14)29(32)33)12-27-28-24(30)21-16-6-7-17(11-16)22(21)25(28)31/h3-10,12,16-17,21-22H,2,11,13H2,1H3. The Morgan fingerprint density at radius 2 is 1.86 bits per heavy atom. The first kappa shape index (κ1) is 23.0. The van der Waals surface area contributed by atoms with E-state index in [0.717, 1.165) is 11.4 Å². The van der Waals surface area contributed by atoms with Crippen LogP contribution in [0.2, 0.25) is 5.02 Å². The average molecular weight is 496 g/mol. The van der Waals surface area contributed by atoms with Crippen molar-refractivity contribution < 1.29 is 24.0 Å². The molecule has 1 aliphatic heterocycles. The van der Waals surface area contributed by atoms with Gasteiger partial charge in [0.05, 0.1) is 34.6 Å². The van der Waals surface area contributed by atoms with Crippen molar-refractivity contribution >= 4 is 35.3 Å². The van der Waals surface area contributed by atoms with E-state index in [1.54, 1.807) is 24.3 Å². The summed E-state index contributed by atoms with van der Waals surface area (Å²) in [6.45, 7) is 2.19. The fourth-order valence-corrected chi connectivity index (χ4v) is 5.38. The van der Waals surface area contributed by atoms with E-state index < -0.39 is 4.92 Å². The smallest absolute Gasteiger partial charge is 0.269 e. The molecule has 10 heteroatoms. The van der Waals surface area contributed by atoms with Gasteiger partial charge in [-0.2, -0.15) is 10.1 Å². The Balaban J connectivity index is 1.34. The van der Waals surface area contributed by atoms with Gasteiger partial charge in [-0.3, -0.25) is 19.7 Å². The summed E-state index contributed by atoms with van der Waals surface area (Å²) in [4.78, 5) is 36.2. The molecule has 2 amide bonds. The highest BCUT2D eigenvalue weighted by atomic mass is 35.5. The van der Waals surface area contributed by atoms with Crippen LogP contribution in [-0.2, 0) is 16.2 Å². The van der Waals surface area contributed by atoms with Crippen LogP contribution in [0.15, 0.2) is 53.7 Å². The molecule has 180 valence electrons. The highest BCUT2D eigenvalue weighted by Gasteiger charge is 2.59. The maximum Gasteiger partial charge on any atom is 0.269 e. The molecule has 2 fully saturated rings. The van der Waals surface area contributed by atoms with Crippen LogP contribution >= 0.6 is 11.6 Å². The maximum atomic E-state index is 12.8. The van der Waals surface area contributed by atoms with Crippen molar-refractivity contribution in [1.82, 2.24) is 5.01 Å². The third-order valence-corrected chi connectivity index (χ3v) is 6.89. The summed E-state index contributed by atoms with van der Waals surface area (Å²) in [6.07, 6.45) is 6.33. The van der Waals surface area contributed by atoms with Crippen LogP contribution in [0.4, 0.5) is 5.69 Å². The molecule has 0 radical (unpaired) electrons. The molecule has 0 aromatic heterocycles. The summed E-state index contributed by atoms with van der Waals surface area (Å²) in [5, 5.41) is 16.4. The second kappa shape index (κ2) is 9.14. The lowest BCUT2D eigenvalue weighted by molar-refractivity contribution is -0.384. The van der Waals surface area contributed by atoms with E-state index >= 15 is 0 Å². The molecule has 2 aromatic carbocycles. The Hall–Kier alpha value is -3.72. The Morgan fingerprint density at radius 1 is 1.14 bits per heavy atom. The van der Waals surface area contributed by atoms with Crippen molar-refractivity contribution in [3.05, 3.63) is 74.8 Å². The van der Waals surface area contributed by atoms with E-state index in [2.05, 4.69) is 5.10 Å². The van der Waals surface area contributed by atoms with Gasteiger partial charge in [-0.1, -0.05) is 35.9 Å². The van der Waals surface area contributed by atoms with Crippen LogP contribution in [0.1, 0.15) is 24.5 Å². The highest BCUT2D eigenvalue weighted by molar-refractivity contribution is 6.32. The van der Waals surface area contributed by atoms with Gasteiger partial charge in [-0.15, -0.1) is 0 Å². The summed E-state index contributed by atoms with van der Waals surface area (Å²) in [5.41, 5.74) is 1.09. The molecule has 1 heterocycles. The number of non-ortho nitro benzene ring substituents is 1. The van der Waals surface area contributed by atoms with Crippen LogP contribution in [-0.4, -0.2) is 34.6 Å². The van der Waals surface area contributed by atoms with Crippen molar-refractivity contribution in [3.63, 3.8) is 0 Å². The largest absolute Gasteiger partial charge is 0.490 e. The topological polar surface area (TPSA) is 111 Å². The van der Waals surface area contributed by atoms with Gasteiger partial charge in [-0.05, 0) is 48.4 Å². The van der Waals surface area contributed by atoms with Crippen molar-refractivity contribution in [2.45, 2.75) is 20.0 Å². The van der Waals surface area contributed by atoms with Crippen molar-refractivity contribution in [1.29, 1.82) is 0 Å². The molecule has 9 nitrogen and oxygen atoms in total. The van der Waals surface area contributed by atoms with Crippen LogP contribution in [0.25, 0.3) is 0 Å². The molecule has 0 spiro atoms. The second-order valence-corrected chi connectivity index (χ2v) is 9.12. The first-order valence-corrected chi connectivity index (χ1v) is 11.7. The zero-order valence-corrected chi connectivity index (χ0v) is 19.6. The Bertz CT molecular complexity index is 1250. The van der Waals surface area contributed by atoms with Crippen LogP contribution in [0, 0.1) is 33.8 Å². The molecule has 2 aliphatic carbocycles. The molecule has 3 aliphatic rings. The molecule has 4 atom stereocenters. The average Bonchev–Trinajstić information content (AvgIpc) is 3.52. The zero-order valence-electron chi connectivity index (χ0n) is 18.8. The monoisotopic (exact) mass is 495 g/mol. The molecule has 2 aromatic rings. The lowest BCUT2D eigenvalue weighted by Gasteiger charge is -2.15. The van der Waals surface area contributed by atoms with Gasteiger partial charge in [0, 0.05) is 12.1 Å². The minimum atomic E-state index is -0.472. The number of amides is 2. The quantitative estimate of drug-likeness (QED) is 0.177. The van der Waals surface area contributed by atoms with Gasteiger partial charge in [-0.25, -0.2) is 0 Å². The number of nitrogens with zero attached hydrogens (tertiary/aromatic N) is 3. The fourth-order valence-electron chi connectivity index (χ4n) is 5.11. The van der Waals surface area contributed by atoms with Crippen molar-refractivity contribution in [2.24, 2.45) is 28.8 Å². The molecule has 2 bridgehead atoms. The lowest BCUT2D eigenvalue weighted by atomic mass is 9.85. The first-order chi connectivity index (χ1) is 16.9. The van der Waals surface area contributed by atoms with Gasteiger partial charge in [0.1, 0.15) is 6.61 Å². The van der Waals surface area contributed by atoms with Crippen molar-refractivity contribution in [3.8, 4) is 11.5 Å². The van der Waals surface area contributed by atoms with Gasteiger partial charge in [0.25, 0.3) is 17.5 Å². The molecule has 1 saturated heterocycles. The van der Waals surface area contributed by atoms with Crippen LogP contribution < -0.4 is 9.47 Å². The number of nitro benzene ring substituents is 1. The second-order valence-electron chi connectivity index (χ2n) is 8.71. The minimum Gasteiger partial charge on any atom is -0.490 e. The third-order valence-electron chi connectivity index (χ3n) is 6.61. The molecule has 1 saturated carbocycles. The Morgan fingerprint density at radius 3 is 2.51 bits per heavy atom. The summed E-state index contributed by atoms with van der Waals surface area (Å²) < 4.78 is 11.5. The van der Waals surface area contributed by atoms with E-state index in [1.807, 2.05) is 19.1 Å². The number of hydrogen-bond donors (Lipinski definition) is 0. The highest BCUT2D eigenvalue weighted by Crippen LogP contribution is 2.52. The third kappa shape index (κ3) is 4.16. The molecule has 0 N–H and O–H groups in total. The SMILES string of the molecule is CCOc1cc(C=NN2C(=O)C3C4C=CC(C4)C3C2=O)cc(Cl)c1OCc1cccc([N+](=O)[O-])c1. The number of rotatable bonds is 8.